The van der Waals surface area contributed by atoms with Crippen LogP contribution in [0.25, 0.3) is 0 Å². The van der Waals surface area contributed by atoms with E-state index in [1.54, 1.807) is 18.6 Å². The van der Waals surface area contributed by atoms with Gasteiger partial charge in [0.25, 0.3) is 0 Å². The number of rotatable bonds is 4. The van der Waals surface area contributed by atoms with E-state index in [2.05, 4.69) is 19.8 Å². The lowest BCUT2D eigenvalue weighted by molar-refractivity contribution is -0.144. The molecule has 104 valence electrons. The summed E-state index contributed by atoms with van der Waals surface area (Å²) in [6.07, 6.45) is 6.17. The molecule has 0 unspecified atom stereocenters. The molecule has 1 aliphatic rings. The number of carbonyl (C=O) groups is 1. The SMILES string of the molecule is CCOC(=O)CN1CCCN(c2cnccn2)CC1. The van der Waals surface area contributed by atoms with Gasteiger partial charge in [-0.05, 0) is 13.3 Å². The largest absolute Gasteiger partial charge is 0.465 e. The van der Waals surface area contributed by atoms with Crippen LogP contribution in [-0.2, 0) is 9.53 Å². The quantitative estimate of drug-likeness (QED) is 0.740. The zero-order valence-corrected chi connectivity index (χ0v) is 11.3. The van der Waals surface area contributed by atoms with Crippen LogP contribution in [0, 0.1) is 0 Å². The second kappa shape index (κ2) is 7.04. The first-order chi connectivity index (χ1) is 9.29. The van der Waals surface area contributed by atoms with E-state index in [1.807, 2.05) is 6.92 Å². The standard InChI is InChI=1S/C13H20N4O2/c1-2-19-13(18)11-16-6-3-7-17(9-8-16)12-10-14-4-5-15-12/h4-5,10H,2-3,6-9,11H2,1H3. The zero-order chi connectivity index (χ0) is 13.5. The summed E-state index contributed by atoms with van der Waals surface area (Å²) in [5.41, 5.74) is 0. The topological polar surface area (TPSA) is 58.6 Å². The van der Waals surface area contributed by atoms with Crippen molar-refractivity contribution >= 4 is 11.8 Å². The van der Waals surface area contributed by atoms with E-state index in [4.69, 9.17) is 4.74 Å². The average Bonchev–Trinajstić information content (AvgIpc) is 2.66. The molecule has 0 radical (unpaired) electrons. The highest BCUT2D eigenvalue weighted by molar-refractivity contribution is 5.71. The zero-order valence-electron chi connectivity index (χ0n) is 11.3. The van der Waals surface area contributed by atoms with E-state index in [1.165, 1.54) is 0 Å². The maximum absolute atomic E-state index is 11.5. The van der Waals surface area contributed by atoms with Crippen molar-refractivity contribution in [1.29, 1.82) is 0 Å². The first-order valence-electron chi connectivity index (χ1n) is 6.68. The Morgan fingerprint density at radius 2 is 2.21 bits per heavy atom. The van der Waals surface area contributed by atoms with Crippen molar-refractivity contribution in [2.45, 2.75) is 13.3 Å². The fourth-order valence-electron chi connectivity index (χ4n) is 2.20. The number of anilines is 1. The average molecular weight is 264 g/mol. The number of carbonyl (C=O) groups excluding carboxylic acids is 1. The van der Waals surface area contributed by atoms with Crippen LogP contribution >= 0.6 is 0 Å². The molecule has 1 aliphatic heterocycles. The smallest absolute Gasteiger partial charge is 0.320 e. The van der Waals surface area contributed by atoms with Crippen LogP contribution in [0.15, 0.2) is 18.6 Å². The Labute approximate surface area is 113 Å². The Kier molecular flexibility index (Phi) is 5.09. The Hall–Kier alpha value is -1.69. The summed E-state index contributed by atoms with van der Waals surface area (Å²) >= 11 is 0. The summed E-state index contributed by atoms with van der Waals surface area (Å²) < 4.78 is 4.98. The monoisotopic (exact) mass is 264 g/mol. The molecular weight excluding hydrogens is 244 g/mol. The van der Waals surface area contributed by atoms with E-state index in [9.17, 15) is 4.79 Å². The van der Waals surface area contributed by atoms with Gasteiger partial charge in [-0.25, -0.2) is 4.98 Å². The van der Waals surface area contributed by atoms with Crippen molar-refractivity contribution in [3.8, 4) is 0 Å². The summed E-state index contributed by atoms with van der Waals surface area (Å²) in [6, 6.07) is 0. The predicted molar refractivity (Wildman–Crippen MR) is 71.9 cm³/mol. The molecule has 0 aromatic carbocycles. The minimum atomic E-state index is -0.143. The fraction of sp³-hybridized carbons (Fsp3) is 0.615. The van der Waals surface area contributed by atoms with E-state index in [0.29, 0.717) is 13.2 Å². The molecule has 1 aromatic rings. The molecule has 1 aromatic heterocycles. The molecule has 6 nitrogen and oxygen atoms in total. The van der Waals surface area contributed by atoms with Gasteiger partial charge < -0.3 is 9.64 Å². The van der Waals surface area contributed by atoms with Gasteiger partial charge in [0.05, 0.1) is 19.3 Å². The predicted octanol–water partition coefficient (Wildman–Crippen LogP) is 0.552. The normalized spacial score (nSPS) is 17.0. The molecule has 2 rings (SSSR count). The van der Waals surface area contributed by atoms with Gasteiger partial charge in [-0.3, -0.25) is 14.7 Å². The van der Waals surface area contributed by atoms with Crippen LogP contribution in [0.3, 0.4) is 0 Å². The molecule has 0 spiro atoms. The van der Waals surface area contributed by atoms with Crippen LogP contribution in [-0.4, -0.2) is 60.2 Å². The minimum absolute atomic E-state index is 0.143. The molecule has 0 atom stereocenters. The first-order valence-corrected chi connectivity index (χ1v) is 6.68. The molecule has 0 bridgehead atoms. The van der Waals surface area contributed by atoms with Crippen LogP contribution in [0.1, 0.15) is 13.3 Å². The van der Waals surface area contributed by atoms with Crippen molar-refractivity contribution in [2.24, 2.45) is 0 Å². The number of hydrogen-bond acceptors (Lipinski definition) is 6. The second-order valence-corrected chi connectivity index (χ2v) is 4.49. The third-order valence-corrected chi connectivity index (χ3v) is 3.12. The molecule has 0 saturated carbocycles. The molecule has 1 saturated heterocycles. The van der Waals surface area contributed by atoms with E-state index >= 15 is 0 Å². The van der Waals surface area contributed by atoms with Gasteiger partial charge in [-0.1, -0.05) is 0 Å². The number of nitrogens with zero attached hydrogens (tertiary/aromatic N) is 4. The molecule has 0 amide bonds. The number of ether oxygens (including phenoxy) is 1. The minimum Gasteiger partial charge on any atom is -0.465 e. The molecular formula is C13H20N4O2. The van der Waals surface area contributed by atoms with Gasteiger partial charge in [-0.2, -0.15) is 0 Å². The molecule has 2 heterocycles. The van der Waals surface area contributed by atoms with Gasteiger partial charge >= 0.3 is 5.97 Å². The summed E-state index contributed by atoms with van der Waals surface area (Å²) in [5.74, 6) is 0.760. The second-order valence-electron chi connectivity index (χ2n) is 4.49. The van der Waals surface area contributed by atoms with Crippen LogP contribution in [0.5, 0.6) is 0 Å². The lowest BCUT2D eigenvalue weighted by Crippen LogP contribution is -2.35. The summed E-state index contributed by atoms with van der Waals surface area (Å²) in [6.45, 7) is 6.21. The van der Waals surface area contributed by atoms with Crippen molar-refractivity contribution in [3.05, 3.63) is 18.6 Å². The van der Waals surface area contributed by atoms with E-state index < -0.39 is 0 Å². The molecule has 6 heteroatoms. The Bertz CT molecular complexity index is 399. The highest BCUT2D eigenvalue weighted by Gasteiger charge is 2.18. The first kappa shape index (κ1) is 13.7. The molecule has 1 fully saturated rings. The van der Waals surface area contributed by atoms with Crippen LogP contribution < -0.4 is 4.90 Å². The van der Waals surface area contributed by atoms with Gasteiger partial charge in [0, 0.05) is 38.6 Å². The number of aromatic nitrogens is 2. The molecule has 0 N–H and O–H groups in total. The van der Waals surface area contributed by atoms with E-state index in [0.717, 1.165) is 38.4 Å². The van der Waals surface area contributed by atoms with Crippen molar-refractivity contribution in [2.75, 3.05) is 44.2 Å². The Morgan fingerprint density at radius 3 is 2.95 bits per heavy atom. The number of hydrogen-bond donors (Lipinski definition) is 0. The summed E-state index contributed by atoms with van der Waals surface area (Å²) in [7, 11) is 0. The highest BCUT2D eigenvalue weighted by Crippen LogP contribution is 2.11. The van der Waals surface area contributed by atoms with Gasteiger partial charge in [-0.15, -0.1) is 0 Å². The summed E-state index contributed by atoms with van der Waals surface area (Å²) in [4.78, 5) is 24.2. The third-order valence-electron chi connectivity index (χ3n) is 3.12. The fourth-order valence-corrected chi connectivity index (χ4v) is 2.20. The summed E-state index contributed by atoms with van der Waals surface area (Å²) in [5, 5.41) is 0. The van der Waals surface area contributed by atoms with Crippen LogP contribution in [0.2, 0.25) is 0 Å². The Balaban J connectivity index is 1.86. The van der Waals surface area contributed by atoms with Crippen molar-refractivity contribution < 1.29 is 9.53 Å². The lowest BCUT2D eigenvalue weighted by Gasteiger charge is -2.21. The van der Waals surface area contributed by atoms with Gasteiger partial charge in [0.15, 0.2) is 0 Å². The lowest BCUT2D eigenvalue weighted by atomic mass is 10.4. The van der Waals surface area contributed by atoms with Crippen molar-refractivity contribution in [1.82, 2.24) is 14.9 Å². The molecule has 0 aliphatic carbocycles. The van der Waals surface area contributed by atoms with Crippen molar-refractivity contribution in [3.63, 3.8) is 0 Å². The maximum atomic E-state index is 11.5. The van der Waals surface area contributed by atoms with Gasteiger partial charge in [0.1, 0.15) is 5.82 Å². The van der Waals surface area contributed by atoms with E-state index in [-0.39, 0.29) is 5.97 Å². The van der Waals surface area contributed by atoms with Gasteiger partial charge in [0.2, 0.25) is 0 Å². The van der Waals surface area contributed by atoms with Crippen LogP contribution in [0.4, 0.5) is 5.82 Å². The maximum Gasteiger partial charge on any atom is 0.320 e. The third kappa shape index (κ3) is 4.17. The molecule has 19 heavy (non-hydrogen) atoms. The Morgan fingerprint density at radius 1 is 1.32 bits per heavy atom. The highest BCUT2D eigenvalue weighted by atomic mass is 16.5. The number of esters is 1.